The number of hydrogen-bond acceptors (Lipinski definition) is 5. The molecule has 0 spiro atoms. The molecule has 116 valence electrons. The molecule has 21 heavy (non-hydrogen) atoms. The second-order valence-electron chi connectivity index (χ2n) is 4.43. The maximum Gasteiger partial charge on any atom is 0.328 e. The van der Waals surface area contributed by atoms with Gasteiger partial charge >= 0.3 is 5.97 Å². The van der Waals surface area contributed by atoms with Crippen molar-refractivity contribution < 1.29 is 28.2 Å². The van der Waals surface area contributed by atoms with Crippen LogP contribution in [0, 0.1) is 0 Å². The molecule has 0 radical (unpaired) electrons. The lowest BCUT2D eigenvalue weighted by Crippen LogP contribution is -2.47. The summed E-state index contributed by atoms with van der Waals surface area (Å²) in [4.78, 5) is 22.9. The highest BCUT2D eigenvalue weighted by Gasteiger charge is 2.28. The first-order chi connectivity index (χ1) is 9.70. The summed E-state index contributed by atoms with van der Waals surface area (Å²) in [6, 6.07) is 4.00. The minimum absolute atomic E-state index is 0.147. The highest BCUT2D eigenvalue weighted by atomic mass is 32.2. The summed E-state index contributed by atoms with van der Waals surface area (Å²) in [6.45, 7) is 2.66. The molecule has 0 aromatic heterocycles. The summed E-state index contributed by atoms with van der Waals surface area (Å²) in [6.07, 6.45) is -1.32. The number of rotatable bonds is 6. The molecule has 0 aliphatic rings. The molecule has 1 aromatic rings. The van der Waals surface area contributed by atoms with Gasteiger partial charge in [-0.3, -0.25) is 4.79 Å². The highest BCUT2D eigenvalue weighted by molar-refractivity contribution is 7.91. The van der Waals surface area contributed by atoms with Crippen LogP contribution >= 0.6 is 0 Å². The van der Waals surface area contributed by atoms with E-state index < -0.39 is 33.9 Å². The summed E-state index contributed by atoms with van der Waals surface area (Å²) >= 11 is 0. The second-order valence-corrected chi connectivity index (χ2v) is 6.68. The first-order valence-electron chi connectivity index (χ1n) is 6.24. The van der Waals surface area contributed by atoms with Gasteiger partial charge in [-0.15, -0.1) is 0 Å². The zero-order valence-corrected chi connectivity index (χ0v) is 12.4. The molecule has 8 heteroatoms. The fraction of sp³-hybridized carbons (Fsp3) is 0.385. The van der Waals surface area contributed by atoms with Gasteiger partial charge in [0.1, 0.15) is 0 Å². The van der Waals surface area contributed by atoms with Crippen LogP contribution in [0.4, 0.5) is 0 Å². The average molecular weight is 315 g/mol. The monoisotopic (exact) mass is 315 g/mol. The van der Waals surface area contributed by atoms with Crippen LogP contribution in [0.5, 0.6) is 0 Å². The number of amides is 1. The van der Waals surface area contributed by atoms with Crippen molar-refractivity contribution in [2.75, 3.05) is 5.75 Å². The standard InChI is InChI=1S/C13H17NO6S/c1-3-21(19,20)10-7-5-4-6-9(10)12(16)14-11(8(2)15)13(17)18/h4-8,11,15H,3H2,1-2H3,(H,14,16)(H,17,18)/t8-,11+/m1/s1. The Morgan fingerprint density at radius 3 is 2.33 bits per heavy atom. The number of nitrogens with one attached hydrogen (secondary N) is 1. The van der Waals surface area contributed by atoms with Gasteiger partial charge in [-0.05, 0) is 19.1 Å². The first-order valence-corrected chi connectivity index (χ1v) is 7.89. The predicted molar refractivity (Wildman–Crippen MR) is 74.7 cm³/mol. The zero-order valence-electron chi connectivity index (χ0n) is 11.6. The first kappa shape index (κ1) is 17.1. The molecule has 0 aliphatic carbocycles. The van der Waals surface area contributed by atoms with Crippen LogP contribution in [0.3, 0.4) is 0 Å². The van der Waals surface area contributed by atoms with E-state index in [1.54, 1.807) is 0 Å². The Morgan fingerprint density at radius 2 is 1.86 bits per heavy atom. The molecule has 0 aliphatic heterocycles. The van der Waals surface area contributed by atoms with Crippen LogP contribution in [0.2, 0.25) is 0 Å². The van der Waals surface area contributed by atoms with E-state index in [1.165, 1.54) is 38.1 Å². The molecule has 1 aromatic carbocycles. The molecule has 1 rings (SSSR count). The number of carbonyl (C=O) groups is 2. The van der Waals surface area contributed by atoms with Crippen molar-refractivity contribution in [2.45, 2.75) is 30.9 Å². The Bertz CT molecular complexity index is 638. The number of sulfone groups is 1. The number of aliphatic carboxylic acids is 1. The SMILES string of the molecule is CCS(=O)(=O)c1ccccc1C(=O)N[C@H](C(=O)O)[C@@H](C)O. The number of aliphatic hydroxyl groups excluding tert-OH is 1. The van der Waals surface area contributed by atoms with Gasteiger partial charge in [-0.25, -0.2) is 13.2 Å². The van der Waals surface area contributed by atoms with Crippen molar-refractivity contribution in [1.82, 2.24) is 5.32 Å². The van der Waals surface area contributed by atoms with E-state index in [4.69, 9.17) is 5.11 Å². The molecule has 0 heterocycles. The van der Waals surface area contributed by atoms with Gasteiger partial charge in [0.25, 0.3) is 5.91 Å². The lowest BCUT2D eigenvalue weighted by atomic mass is 10.1. The molecule has 0 bridgehead atoms. The van der Waals surface area contributed by atoms with E-state index in [9.17, 15) is 23.1 Å². The molecule has 3 N–H and O–H groups in total. The minimum Gasteiger partial charge on any atom is -0.480 e. The molecular formula is C13H17NO6S. The van der Waals surface area contributed by atoms with Crippen molar-refractivity contribution in [3.63, 3.8) is 0 Å². The van der Waals surface area contributed by atoms with Gasteiger partial charge in [0.05, 0.1) is 22.3 Å². The van der Waals surface area contributed by atoms with Crippen LogP contribution < -0.4 is 5.32 Å². The number of benzene rings is 1. The molecule has 1 amide bonds. The van der Waals surface area contributed by atoms with E-state index >= 15 is 0 Å². The van der Waals surface area contributed by atoms with E-state index in [2.05, 4.69) is 5.32 Å². The lowest BCUT2D eigenvalue weighted by molar-refractivity contribution is -0.141. The van der Waals surface area contributed by atoms with Crippen molar-refractivity contribution in [2.24, 2.45) is 0 Å². The number of aliphatic hydroxyl groups is 1. The summed E-state index contributed by atoms with van der Waals surface area (Å²) in [7, 11) is -3.62. The molecule has 0 unspecified atom stereocenters. The van der Waals surface area contributed by atoms with Gasteiger partial charge < -0.3 is 15.5 Å². The van der Waals surface area contributed by atoms with E-state index in [0.717, 1.165) is 0 Å². The summed E-state index contributed by atoms with van der Waals surface area (Å²) in [5, 5.41) is 20.4. The molecule has 7 nitrogen and oxygen atoms in total. The van der Waals surface area contributed by atoms with Gasteiger partial charge in [-0.2, -0.15) is 0 Å². The molecule has 0 saturated heterocycles. The quantitative estimate of drug-likeness (QED) is 0.682. The van der Waals surface area contributed by atoms with Crippen LogP contribution in [0.1, 0.15) is 24.2 Å². The Kier molecular flexibility index (Phi) is 5.45. The van der Waals surface area contributed by atoms with Gasteiger partial charge in [0, 0.05) is 0 Å². The summed E-state index contributed by atoms with van der Waals surface area (Å²) < 4.78 is 23.9. The molecular weight excluding hydrogens is 298 g/mol. The Morgan fingerprint density at radius 1 is 1.29 bits per heavy atom. The fourth-order valence-electron chi connectivity index (χ4n) is 1.69. The van der Waals surface area contributed by atoms with E-state index in [1.807, 2.05) is 0 Å². The van der Waals surface area contributed by atoms with Gasteiger partial charge in [0.15, 0.2) is 15.9 Å². The number of hydrogen-bond donors (Lipinski definition) is 3. The summed E-state index contributed by atoms with van der Waals surface area (Å²) in [5.41, 5.74) is -0.147. The third-order valence-corrected chi connectivity index (χ3v) is 4.67. The zero-order chi connectivity index (χ0) is 16.2. The average Bonchev–Trinajstić information content (AvgIpc) is 2.43. The van der Waals surface area contributed by atoms with Gasteiger partial charge in [0.2, 0.25) is 0 Å². The normalized spacial score (nSPS) is 14.2. The maximum absolute atomic E-state index is 12.1. The third kappa shape index (κ3) is 4.02. The Labute approximate surface area is 122 Å². The van der Waals surface area contributed by atoms with E-state index in [0.29, 0.717) is 0 Å². The predicted octanol–water partition coefficient (Wildman–Crippen LogP) is 0.0440. The maximum atomic E-state index is 12.1. The van der Waals surface area contributed by atoms with Crippen molar-refractivity contribution in [3.05, 3.63) is 29.8 Å². The molecule has 0 fully saturated rings. The smallest absolute Gasteiger partial charge is 0.328 e. The van der Waals surface area contributed by atoms with Crippen molar-refractivity contribution >= 4 is 21.7 Å². The molecule has 0 saturated carbocycles. The Balaban J connectivity index is 3.18. The van der Waals surface area contributed by atoms with Crippen molar-refractivity contribution in [3.8, 4) is 0 Å². The second kappa shape index (κ2) is 6.68. The van der Waals surface area contributed by atoms with Crippen LogP contribution in [-0.4, -0.2) is 48.4 Å². The van der Waals surface area contributed by atoms with Crippen molar-refractivity contribution in [1.29, 1.82) is 0 Å². The highest BCUT2D eigenvalue weighted by Crippen LogP contribution is 2.17. The Hall–Kier alpha value is -1.93. The third-order valence-electron chi connectivity index (χ3n) is 2.88. The molecule has 2 atom stereocenters. The van der Waals surface area contributed by atoms with E-state index in [-0.39, 0.29) is 16.2 Å². The minimum atomic E-state index is -3.62. The largest absolute Gasteiger partial charge is 0.480 e. The van der Waals surface area contributed by atoms with Gasteiger partial charge in [-0.1, -0.05) is 19.1 Å². The topological polar surface area (TPSA) is 121 Å². The lowest BCUT2D eigenvalue weighted by Gasteiger charge is -2.18. The van der Waals surface area contributed by atoms with Crippen LogP contribution in [0.25, 0.3) is 0 Å². The number of carbonyl (C=O) groups excluding carboxylic acids is 1. The number of carboxylic acid groups (broad SMARTS) is 1. The fourth-order valence-corrected chi connectivity index (χ4v) is 2.78. The summed E-state index contributed by atoms with van der Waals surface area (Å²) in [5.74, 6) is -2.46. The number of carboxylic acids is 1. The van der Waals surface area contributed by atoms with Crippen LogP contribution in [0.15, 0.2) is 29.2 Å². The van der Waals surface area contributed by atoms with Crippen LogP contribution in [-0.2, 0) is 14.6 Å².